The summed E-state index contributed by atoms with van der Waals surface area (Å²) in [6.07, 6.45) is 0. The van der Waals surface area contributed by atoms with Gasteiger partial charge in [0.2, 0.25) is 0 Å². The topological polar surface area (TPSA) is 46.1 Å². The fourth-order valence-electron chi connectivity index (χ4n) is 0.440. The van der Waals surface area contributed by atoms with Gasteiger partial charge in [-0.25, -0.2) is 0 Å². The molecule has 0 N–H and O–H groups in total. The van der Waals surface area contributed by atoms with Gasteiger partial charge in [0, 0.05) is 0 Å². The Balaban J connectivity index is 0. The van der Waals surface area contributed by atoms with Crippen LogP contribution >= 0.6 is 0 Å². The molecule has 42 valence electrons. The van der Waals surface area contributed by atoms with Crippen LogP contribution in [-0.2, 0) is 0 Å². The van der Waals surface area contributed by atoms with Crippen molar-refractivity contribution in [2.24, 2.45) is 0 Å². The molecule has 0 bridgehead atoms. The molecule has 0 aliphatic heterocycles. The fraction of sp³-hybridized carbons (Fsp3) is 0. The minimum atomic E-state index is -0.121. The summed E-state index contributed by atoms with van der Waals surface area (Å²) in [5, 5.41) is 20.6. The summed E-state index contributed by atoms with van der Waals surface area (Å²) in [4.78, 5) is 0. The summed E-state index contributed by atoms with van der Waals surface area (Å²) < 4.78 is 0. The van der Waals surface area contributed by atoms with E-state index >= 15 is 0 Å². The van der Waals surface area contributed by atoms with Gasteiger partial charge in [0.05, 0.1) is 0 Å². The zero-order chi connectivity index (χ0) is 5.98. The van der Waals surface area contributed by atoms with Gasteiger partial charge in [0.1, 0.15) is 0 Å². The maximum Gasteiger partial charge on any atom is 1.00 e. The minimum absolute atomic E-state index is 0. The quantitative estimate of drug-likeness (QED) is 0.321. The van der Waals surface area contributed by atoms with Crippen LogP contribution in [0, 0.1) is 0 Å². The summed E-state index contributed by atoms with van der Waals surface area (Å²) in [7, 11) is 0. The first-order valence-electron chi connectivity index (χ1n) is 2.23. The van der Waals surface area contributed by atoms with Crippen LogP contribution in [-0.4, -0.2) is 0 Å². The summed E-state index contributed by atoms with van der Waals surface area (Å²) in [5.41, 5.74) is 0. The molecular formula is C6H4Li2O2. The van der Waals surface area contributed by atoms with Crippen molar-refractivity contribution in [2.45, 2.75) is 0 Å². The Kier molecular flexibility index (Phi) is 7.32. The van der Waals surface area contributed by atoms with E-state index in [2.05, 4.69) is 0 Å². The van der Waals surface area contributed by atoms with E-state index in [0.717, 1.165) is 0 Å². The Hall–Kier alpha value is 0.0148. The Morgan fingerprint density at radius 2 is 0.900 bits per heavy atom. The molecule has 0 saturated heterocycles. The summed E-state index contributed by atoms with van der Waals surface area (Å²) in [6.45, 7) is 0. The predicted molar refractivity (Wildman–Crippen MR) is 25.3 cm³/mol. The second kappa shape index (κ2) is 5.77. The fourth-order valence-corrected chi connectivity index (χ4v) is 0.440. The van der Waals surface area contributed by atoms with E-state index in [-0.39, 0.29) is 49.2 Å². The molecule has 0 saturated carbocycles. The van der Waals surface area contributed by atoms with Crippen molar-refractivity contribution in [3.8, 4) is 11.5 Å². The third kappa shape index (κ3) is 3.93. The molecule has 0 amide bonds. The van der Waals surface area contributed by atoms with Crippen molar-refractivity contribution < 1.29 is 47.9 Å². The number of benzene rings is 1. The first-order chi connectivity index (χ1) is 3.79. The van der Waals surface area contributed by atoms with Crippen LogP contribution in [0.3, 0.4) is 0 Å². The Bertz CT molecular complexity index is 153. The van der Waals surface area contributed by atoms with Gasteiger partial charge < -0.3 is 10.2 Å². The SMILES string of the molecule is [Li+].[Li+].[O-]c1ccc([O-])cc1. The first kappa shape index (κ1) is 12.7. The second-order valence-electron chi connectivity index (χ2n) is 1.47. The van der Waals surface area contributed by atoms with Crippen LogP contribution in [0.25, 0.3) is 0 Å². The van der Waals surface area contributed by atoms with Crippen molar-refractivity contribution in [3.63, 3.8) is 0 Å². The predicted octanol–water partition coefficient (Wildman–Crippen LogP) is -6.16. The van der Waals surface area contributed by atoms with Gasteiger partial charge in [-0.3, -0.25) is 0 Å². The maximum absolute atomic E-state index is 10.3. The van der Waals surface area contributed by atoms with Crippen molar-refractivity contribution in [1.29, 1.82) is 0 Å². The van der Waals surface area contributed by atoms with Gasteiger partial charge in [-0.15, -0.1) is 11.5 Å². The molecule has 1 rings (SSSR count). The standard InChI is InChI=1S/C6H6O2.2Li/c7-5-1-2-6(8)4-3-5;;/h1-4,7-8H;;/q;2*+1/p-2. The zero-order valence-electron chi connectivity index (χ0n) is 6.13. The molecule has 0 unspecified atom stereocenters. The van der Waals surface area contributed by atoms with Crippen molar-refractivity contribution in [1.82, 2.24) is 0 Å². The van der Waals surface area contributed by atoms with Crippen LogP contribution in [0.1, 0.15) is 0 Å². The smallest absolute Gasteiger partial charge is 0.872 e. The molecule has 4 heteroatoms. The van der Waals surface area contributed by atoms with Gasteiger partial charge in [-0.2, -0.15) is 0 Å². The Morgan fingerprint density at radius 1 is 0.700 bits per heavy atom. The van der Waals surface area contributed by atoms with Crippen LogP contribution in [0.2, 0.25) is 0 Å². The Morgan fingerprint density at radius 3 is 1.10 bits per heavy atom. The first-order valence-corrected chi connectivity index (χ1v) is 2.23. The molecule has 0 spiro atoms. The molecule has 0 aromatic heterocycles. The second-order valence-corrected chi connectivity index (χ2v) is 1.47. The third-order valence-corrected chi connectivity index (χ3v) is 0.824. The molecule has 10 heavy (non-hydrogen) atoms. The molecular weight excluding hydrogens is 118 g/mol. The number of hydrogen-bond acceptors (Lipinski definition) is 2. The average Bonchev–Trinajstić information content (AvgIpc) is 1.77. The summed E-state index contributed by atoms with van der Waals surface area (Å²) in [6, 6.07) is 5.01. The van der Waals surface area contributed by atoms with E-state index in [9.17, 15) is 10.2 Å². The number of hydrogen-bond donors (Lipinski definition) is 0. The molecule has 0 aliphatic carbocycles. The summed E-state index contributed by atoms with van der Waals surface area (Å²) >= 11 is 0. The summed E-state index contributed by atoms with van der Waals surface area (Å²) in [5.74, 6) is -0.241. The van der Waals surface area contributed by atoms with Crippen LogP contribution < -0.4 is 47.9 Å². The van der Waals surface area contributed by atoms with E-state index in [1.165, 1.54) is 24.3 Å². The van der Waals surface area contributed by atoms with Crippen molar-refractivity contribution in [3.05, 3.63) is 24.3 Å². The number of rotatable bonds is 0. The van der Waals surface area contributed by atoms with Crippen LogP contribution in [0.4, 0.5) is 0 Å². The average molecular weight is 122 g/mol. The monoisotopic (exact) mass is 122 g/mol. The normalized spacial score (nSPS) is 7.20. The molecule has 0 aliphatic rings. The van der Waals surface area contributed by atoms with Gasteiger partial charge >= 0.3 is 37.7 Å². The molecule has 1 aromatic carbocycles. The van der Waals surface area contributed by atoms with Crippen molar-refractivity contribution in [2.75, 3.05) is 0 Å². The minimum Gasteiger partial charge on any atom is -0.872 e. The van der Waals surface area contributed by atoms with Crippen LogP contribution in [0.15, 0.2) is 24.3 Å². The van der Waals surface area contributed by atoms with Crippen molar-refractivity contribution >= 4 is 0 Å². The van der Waals surface area contributed by atoms with E-state index < -0.39 is 0 Å². The van der Waals surface area contributed by atoms with Gasteiger partial charge in [-0.05, 0) is 0 Å². The van der Waals surface area contributed by atoms with E-state index in [1.54, 1.807) is 0 Å². The van der Waals surface area contributed by atoms with E-state index in [0.29, 0.717) is 0 Å². The molecule has 0 fully saturated rings. The molecule has 1 aromatic rings. The van der Waals surface area contributed by atoms with E-state index in [4.69, 9.17) is 0 Å². The zero-order valence-corrected chi connectivity index (χ0v) is 6.13. The van der Waals surface area contributed by atoms with Gasteiger partial charge in [0.25, 0.3) is 0 Å². The largest absolute Gasteiger partial charge is 1.00 e. The molecule has 2 nitrogen and oxygen atoms in total. The van der Waals surface area contributed by atoms with Crippen LogP contribution in [0.5, 0.6) is 11.5 Å². The third-order valence-electron chi connectivity index (χ3n) is 0.824. The van der Waals surface area contributed by atoms with E-state index in [1.807, 2.05) is 0 Å². The Labute approximate surface area is 83.6 Å². The molecule has 0 heterocycles. The maximum atomic E-state index is 10.3. The molecule has 0 radical (unpaired) electrons. The van der Waals surface area contributed by atoms with Gasteiger partial charge in [-0.1, -0.05) is 24.3 Å². The molecule has 0 atom stereocenters. The van der Waals surface area contributed by atoms with Gasteiger partial charge in [0.15, 0.2) is 0 Å².